The molecule has 25 heavy (non-hydrogen) atoms. The van der Waals surface area contributed by atoms with Crippen molar-refractivity contribution in [3.8, 4) is 0 Å². The summed E-state index contributed by atoms with van der Waals surface area (Å²) in [7, 11) is 0. The van der Waals surface area contributed by atoms with Crippen LogP contribution in [0.5, 0.6) is 0 Å². The Morgan fingerprint density at radius 1 is 1.40 bits per heavy atom. The number of aliphatic hydroxyl groups excluding tert-OH is 1. The van der Waals surface area contributed by atoms with Crippen molar-refractivity contribution >= 4 is 27.6 Å². The van der Waals surface area contributed by atoms with Crippen LogP contribution in [0.25, 0.3) is 0 Å². The Morgan fingerprint density at radius 3 is 2.76 bits per heavy atom. The van der Waals surface area contributed by atoms with Crippen LogP contribution in [-0.4, -0.2) is 30.8 Å². The summed E-state index contributed by atoms with van der Waals surface area (Å²) in [5.41, 5.74) is 8.49. The van der Waals surface area contributed by atoms with Gasteiger partial charge < -0.3 is 20.9 Å². The number of esters is 1. The molecule has 1 unspecified atom stereocenters. The maximum atomic E-state index is 12.3. The Hall–Kier alpha value is -1.11. The molecule has 0 saturated heterocycles. The number of carbonyl (C=O) groups is 1. The van der Waals surface area contributed by atoms with Gasteiger partial charge in [-0.2, -0.15) is 0 Å². The summed E-state index contributed by atoms with van der Waals surface area (Å²) >= 11 is 3.49. The lowest BCUT2D eigenvalue weighted by molar-refractivity contribution is 0.0482. The van der Waals surface area contributed by atoms with Crippen molar-refractivity contribution in [2.45, 2.75) is 51.5 Å². The molecule has 1 atom stereocenters. The molecule has 1 fully saturated rings. The number of hydrogen-bond acceptors (Lipinski definition) is 5. The smallest absolute Gasteiger partial charge is 0.338 e. The van der Waals surface area contributed by atoms with Gasteiger partial charge in [0, 0.05) is 23.5 Å². The van der Waals surface area contributed by atoms with Crippen molar-refractivity contribution in [1.82, 2.24) is 5.32 Å². The van der Waals surface area contributed by atoms with Crippen molar-refractivity contribution in [2.24, 2.45) is 5.92 Å². The zero-order valence-corrected chi connectivity index (χ0v) is 16.5. The first-order valence-electron chi connectivity index (χ1n) is 9.18. The van der Waals surface area contributed by atoms with E-state index in [2.05, 4.69) is 28.2 Å². The highest BCUT2D eigenvalue weighted by atomic mass is 79.9. The zero-order chi connectivity index (χ0) is 18.2. The zero-order valence-electron chi connectivity index (χ0n) is 14.9. The van der Waals surface area contributed by atoms with Gasteiger partial charge in [0.1, 0.15) is 0 Å². The molecule has 1 aromatic carbocycles. The Balaban J connectivity index is 2.28. The average Bonchev–Trinajstić information content (AvgIpc) is 2.63. The molecular formula is C19H29BrN2O3. The molecule has 0 radical (unpaired) electrons. The van der Waals surface area contributed by atoms with Crippen LogP contribution in [0.15, 0.2) is 16.6 Å². The summed E-state index contributed by atoms with van der Waals surface area (Å²) in [6.07, 6.45) is 6.59. The second-order valence-corrected chi connectivity index (χ2v) is 7.46. The highest BCUT2D eigenvalue weighted by Gasteiger charge is 2.27. The molecule has 4 N–H and O–H groups in total. The molecule has 2 rings (SSSR count). The maximum absolute atomic E-state index is 12.3. The van der Waals surface area contributed by atoms with E-state index in [9.17, 15) is 4.79 Å². The van der Waals surface area contributed by atoms with Gasteiger partial charge in [0.25, 0.3) is 0 Å². The van der Waals surface area contributed by atoms with Gasteiger partial charge in [-0.05, 0) is 58.9 Å². The van der Waals surface area contributed by atoms with E-state index in [0.717, 1.165) is 16.6 Å². The molecule has 0 heterocycles. The van der Waals surface area contributed by atoms with Crippen LogP contribution in [0.2, 0.25) is 0 Å². The predicted molar refractivity (Wildman–Crippen MR) is 104 cm³/mol. The largest absolute Gasteiger partial charge is 0.462 e. The number of halogens is 1. The number of rotatable bonds is 8. The van der Waals surface area contributed by atoms with Crippen LogP contribution < -0.4 is 11.1 Å². The van der Waals surface area contributed by atoms with E-state index in [0.29, 0.717) is 23.6 Å². The quantitative estimate of drug-likeness (QED) is 0.343. The Morgan fingerprint density at radius 2 is 2.12 bits per heavy atom. The van der Waals surface area contributed by atoms with E-state index in [-0.39, 0.29) is 25.2 Å². The summed E-state index contributed by atoms with van der Waals surface area (Å²) in [4.78, 5) is 12.3. The first kappa shape index (κ1) is 20.2. The third-order valence-electron chi connectivity index (χ3n) is 4.81. The lowest BCUT2D eigenvalue weighted by atomic mass is 9.80. The summed E-state index contributed by atoms with van der Waals surface area (Å²) in [5.74, 6) is 0.151. The summed E-state index contributed by atoms with van der Waals surface area (Å²) in [6, 6.07) is 3.72. The molecule has 5 nitrogen and oxygen atoms in total. The molecule has 0 bridgehead atoms. The van der Waals surface area contributed by atoms with Gasteiger partial charge in [-0.25, -0.2) is 4.79 Å². The van der Waals surface area contributed by atoms with Crippen LogP contribution in [0.1, 0.15) is 67.4 Å². The molecule has 0 aliphatic heterocycles. The van der Waals surface area contributed by atoms with E-state index >= 15 is 0 Å². The molecule has 0 amide bonds. The standard InChI is InChI=1S/C19H29BrN2O3/c1-2-22-18(13-7-4-3-5-8-13)15-11-14(12-16(20)17(15)21)19(24)25-10-6-9-23/h11-13,18,22-23H,2-10,21H2,1H3. The number of aliphatic hydroxyl groups is 1. The van der Waals surface area contributed by atoms with Crippen LogP contribution in [0.4, 0.5) is 5.69 Å². The van der Waals surface area contributed by atoms with Crippen molar-refractivity contribution in [3.63, 3.8) is 0 Å². The number of ether oxygens (including phenoxy) is 1. The highest BCUT2D eigenvalue weighted by Crippen LogP contribution is 2.39. The number of nitrogen functional groups attached to an aromatic ring is 1. The molecule has 0 spiro atoms. The Bertz CT molecular complexity index is 574. The minimum Gasteiger partial charge on any atom is -0.462 e. The summed E-state index contributed by atoms with van der Waals surface area (Å²) in [5, 5.41) is 12.4. The first-order chi connectivity index (χ1) is 12.1. The Kier molecular flexibility index (Phi) is 8.19. The lowest BCUT2D eigenvalue weighted by Gasteiger charge is -2.32. The molecule has 1 saturated carbocycles. The van der Waals surface area contributed by atoms with Crippen molar-refractivity contribution in [2.75, 3.05) is 25.5 Å². The summed E-state index contributed by atoms with van der Waals surface area (Å²) in [6.45, 7) is 3.16. The number of carbonyl (C=O) groups excluding carboxylic acids is 1. The average molecular weight is 413 g/mol. The predicted octanol–water partition coefficient (Wildman–Crippen LogP) is 3.80. The Labute approximate surface area is 158 Å². The van der Waals surface area contributed by atoms with E-state index in [4.69, 9.17) is 15.6 Å². The van der Waals surface area contributed by atoms with Crippen molar-refractivity contribution in [1.29, 1.82) is 0 Å². The van der Waals surface area contributed by atoms with Gasteiger partial charge in [-0.15, -0.1) is 0 Å². The number of benzene rings is 1. The van der Waals surface area contributed by atoms with Gasteiger partial charge in [0.05, 0.1) is 17.9 Å². The van der Waals surface area contributed by atoms with Gasteiger partial charge in [-0.1, -0.05) is 26.2 Å². The molecule has 1 aliphatic carbocycles. The minimum absolute atomic E-state index is 0.00807. The topological polar surface area (TPSA) is 84.6 Å². The fourth-order valence-corrected chi connectivity index (χ4v) is 4.02. The van der Waals surface area contributed by atoms with E-state index in [1.807, 2.05) is 6.07 Å². The molecule has 140 valence electrons. The van der Waals surface area contributed by atoms with Crippen LogP contribution in [-0.2, 0) is 4.74 Å². The highest BCUT2D eigenvalue weighted by molar-refractivity contribution is 9.10. The van der Waals surface area contributed by atoms with Gasteiger partial charge in [-0.3, -0.25) is 0 Å². The fraction of sp³-hybridized carbons (Fsp3) is 0.632. The third kappa shape index (κ3) is 5.43. The fourth-order valence-electron chi connectivity index (χ4n) is 3.54. The third-order valence-corrected chi connectivity index (χ3v) is 5.47. The normalized spacial score (nSPS) is 16.6. The number of hydrogen-bond donors (Lipinski definition) is 3. The number of nitrogens with one attached hydrogen (secondary N) is 1. The van der Waals surface area contributed by atoms with Crippen molar-refractivity contribution in [3.05, 3.63) is 27.7 Å². The second-order valence-electron chi connectivity index (χ2n) is 6.61. The van der Waals surface area contributed by atoms with E-state index in [1.54, 1.807) is 6.07 Å². The van der Waals surface area contributed by atoms with E-state index < -0.39 is 0 Å². The van der Waals surface area contributed by atoms with Gasteiger partial charge in [0.2, 0.25) is 0 Å². The molecule has 1 aromatic rings. The molecule has 0 aromatic heterocycles. The minimum atomic E-state index is -0.380. The second kappa shape index (κ2) is 10.1. The first-order valence-corrected chi connectivity index (χ1v) is 9.98. The van der Waals surface area contributed by atoms with E-state index in [1.165, 1.54) is 32.1 Å². The number of nitrogens with two attached hydrogens (primary N) is 1. The molecule has 1 aliphatic rings. The molecular weight excluding hydrogens is 384 g/mol. The maximum Gasteiger partial charge on any atom is 0.338 e. The SMILES string of the molecule is CCNC(c1cc(C(=O)OCCCO)cc(Br)c1N)C1CCCCC1. The molecule has 6 heteroatoms. The van der Waals surface area contributed by atoms with Crippen molar-refractivity contribution < 1.29 is 14.6 Å². The monoisotopic (exact) mass is 412 g/mol. The van der Waals surface area contributed by atoms with Gasteiger partial charge in [0.15, 0.2) is 0 Å². The van der Waals surface area contributed by atoms with Crippen LogP contribution >= 0.6 is 15.9 Å². The lowest BCUT2D eigenvalue weighted by Crippen LogP contribution is -2.30. The van der Waals surface area contributed by atoms with Crippen LogP contribution in [0.3, 0.4) is 0 Å². The summed E-state index contributed by atoms with van der Waals surface area (Å²) < 4.78 is 5.94. The van der Waals surface area contributed by atoms with Crippen LogP contribution in [0, 0.1) is 5.92 Å². The van der Waals surface area contributed by atoms with Gasteiger partial charge >= 0.3 is 5.97 Å². The number of anilines is 1.